The van der Waals surface area contributed by atoms with Gasteiger partial charge in [0.15, 0.2) is 23.0 Å². The van der Waals surface area contributed by atoms with Crippen LogP contribution in [0.25, 0.3) is 5.57 Å². The summed E-state index contributed by atoms with van der Waals surface area (Å²) in [7, 11) is 3.22. The molecule has 1 heterocycles. The molecule has 0 aliphatic carbocycles. The molecule has 2 aromatic carbocycles. The van der Waals surface area contributed by atoms with E-state index in [1.807, 2.05) is 36.4 Å². The molecule has 5 nitrogen and oxygen atoms in total. The van der Waals surface area contributed by atoms with E-state index < -0.39 is 0 Å². The van der Waals surface area contributed by atoms with Gasteiger partial charge in [-0.25, -0.2) is 0 Å². The van der Waals surface area contributed by atoms with E-state index in [-0.39, 0.29) is 0 Å². The van der Waals surface area contributed by atoms with Crippen LogP contribution >= 0.6 is 0 Å². The molecule has 0 aromatic heterocycles. The number of hydrogen-bond acceptors (Lipinski definition) is 5. The summed E-state index contributed by atoms with van der Waals surface area (Å²) in [6.45, 7) is 1.12. The zero-order chi connectivity index (χ0) is 16.2. The Morgan fingerprint density at radius 2 is 1.57 bits per heavy atom. The number of methoxy groups -OCH3 is 2. The SMILES string of the molecule is COc1ccc(C(=CN)c2ccc3c(c2)OCCO3)cc1OC. The summed E-state index contributed by atoms with van der Waals surface area (Å²) in [6.07, 6.45) is 1.58. The van der Waals surface area contributed by atoms with Crippen molar-refractivity contribution >= 4 is 5.57 Å². The summed E-state index contributed by atoms with van der Waals surface area (Å²) in [5.41, 5.74) is 8.63. The van der Waals surface area contributed by atoms with Crippen LogP contribution in [0, 0.1) is 0 Å². The summed E-state index contributed by atoms with van der Waals surface area (Å²) in [6, 6.07) is 11.5. The summed E-state index contributed by atoms with van der Waals surface area (Å²) in [4.78, 5) is 0. The van der Waals surface area contributed by atoms with Gasteiger partial charge in [-0.2, -0.15) is 0 Å². The summed E-state index contributed by atoms with van der Waals surface area (Å²) < 4.78 is 21.8. The first-order chi connectivity index (χ1) is 11.3. The number of ether oxygens (including phenoxy) is 4. The van der Waals surface area contributed by atoms with E-state index >= 15 is 0 Å². The monoisotopic (exact) mass is 313 g/mol. The normalized spacial score (nSPS) is 13.6. The second-order valence-electron chi connectivity index (χ2n) is 5.01. The Labute approximate surface area is 135 Å². The lowest BCUT2D eigenvalue weighted by Crippen LogP contribution is -2.15. The van der Waals surface area contributed by atoms with Crippen molar-refractivity contribution in [3.63, 3.8) is 0 Å². The average molecular weight is 313 g/mol. The summed E-state index contributed by atoms with van der Waals surface area (Å²) in [5, 5.41) is 0. The maximum Gasteiger partial charge on any atom is 0.161 e. The van der Waals surface area contributed by atoms with E-state index in [0.29, 0.717) is 24.7 Å². The first-order valence-electron chi connectivity index (χ1n) is 7.31. The minimum Gasteiger partial charge on any atom is -0.493 e. The number of rotatable bonds is 4. The van der Waals surface area contributed by atoms with E-state index in [1.165, 1.54) is 0 Å². The molecule has 3 rings (SSSR count). The fourth-order valence-electron chi connectivity index (χ4n) is 2.57. The van der Waals surface area contributed by atoms with Crippen LogP contribution in [0.5, 0.6) is 23.0 Å². The van der Waals surface area contributed by atoms with Crippen LogP contribution in [0.2, 0.25) is 0 Å². The van der Waals surface area contributed by atoms with Crippen LogP contribution in [-0.4, -0.2) is 27.4 Å². The molecule has 120 valence electrons. The van der Waals surface area contributed by atoms with Crippen molar-refractivity contribution < 1.29 is 18.9 Å². The van der Waals surface area contributed by atoms with E-state index in [2.05, 4.69) is 0 Å². The van der Waals surface area contributed by atoms with Crippen molar-refractivity contribution in [3.8, 4) is 23.0 Å². The Morgan fingerprint density at radius 3 is 2.26 bits per heavy atom. The minimum absolute atomic E-state index is 0.550. The van der Waals surface area contributed by atoms with Gasteiger partial charge in [0.25, 0.3) is 0 Å². The number of fused-ring (bicyclic) bond motifs is 1. The van der Waals surface area contributed by atoms with Gasteiger partial charge in [-0.1, -0.05) is 12.1 Å². The Balaban J connectivity index is 2.00. The lowest BCUT2D eigenvalue weighted by atomic mass is 9.98. The zero-order valence-electron chi connectivity index (χ0n) is 13.2. The van der Waals surface area contributed by atoms with Gasteiger partial charge in [-0.05, 0) is 35.4 Å². The first kappa shape index (κ1) is 15.1. The van der Waals surface area contributed by atoms with Crippen LogP contribution in [0.15, 0.2) is 42.6 Å². The van der Waals surface area contributed by atoms with E-state index in [4.69, 9.17) is 24.7 Å². The smallest absolute Gasteiger partial charge is 0.161 e. The molecule has 2 aromatic rings. The zero-order valence-corrected chi connectivity index (χ0v) is 13.2. The molecular formula is C18H19NO4. The van der Waals surface area contributed by atoms with Crippen molar-refractivity contribution in [2.75, 3.05) is 27.4 Å². The Hall–Kier alpha value is -2.82. The van der Waals surface area contributed by atoms with Gasteiger partial charge in [0.1, 0.15) is 13.2 Å². The molecule has 0 saturated heterocycles. The number of nitrogens with two attached hydrogens (primary N) is 1. The van der Waals surface area contributed by atoms with Crippen molar-refractivity contribution in [1.29, 1.82) is 0 Å². The summed E-state index contributed by atoms with van der Waals surface area (Å²) in [5.74, 6) is 2.81. The molecular weight excluding hydrogens is 294 g/mol. The second kappa shape index (κ2) is 6.52. The van der Waals surface area contributed by atoms with Crippen LogP contribution in [0.4, 0.5) is 0 Å². The largest absolute Gasteiger partial charge is 0.493 e. The third-order valence-corrected chi connectivity index (χ3v) is 3.71. The molecule has 0 bridgehead atoms. The predicted octanol–water partition coefficient (Wildman–Crippen LogP) is 2.82. The molecule has 0 spiro atoms. The molecule has 0 amide bonds. The first-order valence-corrected chi connectivity index (χ1v) is 7.31. The van der Waals surface area contributed by atoms with Gasteiger partial charge in [0.2, 0.25) is 0 Å². The van der Waals surface area contributed by atoms with E-state index in [1.54, 1.807) is 20.4 Å². The number of hydrogen-bond donors (Lipinski definition) is 1. The highest BCUT2D eigenvalue weighted by atomic mass is 16.6. The predicted molar refractivity (Wildman–Crippen MR) is 88.2 cm³/mol. The van der Waals surface area contributed by atoms with Gasteiger partial charge in [0.05, 0.1) is 14.2 Å². The molecule has 0 atom stereocenters. The quantitative estimate of drug-likeness (QED) is 0.940. The van der Waals surface area contributed by atoms with E-state index in [0.717, 1.165) is 28.2 Å². The van der Waals surface area contributed by atoms with Gasteiger partial charge in [-0.3, -0.25) is 0 Å². The van der Waals surface area contributed by atoms with Crippen LogP contribution in [0.3, 0.4) is 0 Å². The Morgan fingerprint density at radius 1 is 0.913 bits per heavy atom. The molecule has 5 heteroatoms. The highest BCUT2D eigenvalue weighted by molar-refractivity contribution is 5.81. The topological polar surface area (TPSA) is 62.9 Å². The standard InChI is InChI=1S/C18H19NO4/c1-20-15-5-3-12(9-17(15)21-2)14(11-19)13-4-6-16-18(10-13)23-8-7-22-16/h3-6,9-11H,7-8,19H2,1-2H3. The highest BCUT2D eigenvalue weighted by Gasteiger charge is 2.15. The van der Waals surface area contributed by atoms with Gasteiger partial charge in [-0.15, -0.1) is 0 Å². The average Bonchev–Trinajstić information content (AvgIpc) is 2.62. The third-order valence-electron chi connectivity index (χ3n) is 3.71. The van der Waals surface area contributed by atoms with Crippen molar-refractivity contribution in [2.24, 2.45) is 5.73 Å². The Kier molecular flexibility index (Phi) is 4.28. The molecule has 2 N–H and O–H groups in total. The van der Waals surface area contributed by atoms with Crippen molar-refractivity contribution in [3.05, 3.63) is 53.7 Å². The van der Waals surface area contributed by atoms with Gasteiger partial charge >= 0.3 is 0 Å². The fraction of sp³-hybridized carbons (Fsp3) is 0.222. The van der Waals surface area contributed by atoms with Gasteiger partial charge < -0.3 is 24.7 Å². The third kappa shape index (κ3) is 2.90. The fourth-order valence-corrected chi connectivity index (χ4v) is 2.57. The van der Waals surface area contributed by atoms with E-state index in [9.17, 15) is 0 Å². The van der Waals surface area contributed by atoms with Crippen molar-refractivity contribution in [1.82, 2.24) is 0 Å². The van der Waals surface area contributed by atoms with Crippen molar-refractivity contribution in [2.45, 2.75) is 0 Å². The van der Waals surface area contributed by atoms with Crippen LogP contribution < -0.4 is 24.7 Å². The maximum atomic E-state index is 5.87. The van der Waals surface area contributed by atoms with Gasteiger partial charge in [0, 0.05) is 11.8 Å². The van der Waals surface area contributed by atoms with Crippen LogP contribution in [0.1, 0.15) is 11.1 Å². The highest BCUT2D eigenvalue weighted by Crippen LogP contribution is 2.36. The lowest BCUT2D eigenvalue weighted by Gasteiger charge is -2.19. The van der Waals surface area contributed by atoms with Crippen LogP contribution in [-0.2, 0) is 0 Å². The molecule has 1 aliphatic rings. The second-order valence-corrected chi connectivity index (χ2v) is 5.01. The molecule has 0 saturated carbocycles. The Bertz CT molecular complexity index is 698. The molecule has 23 heavy (non-hydrogen) atoms. The molecule has 0 unspecified atom stereocenters. The summed E-state index contributed by atoms with van der Waals surface area (Å²) >= 11 is 0. The minimum atomic E-state index is 0.550. The number of benzene rings is 2. The molecule has 1 aliphatic heterocycles. The molecule has 0 radical (unpaired) electrons. The molecule has 0 fully saturated rings. The lowest BCUT2D eigenvalue weighted by molar-refractivity contribution is 0.171. The maximum absolute atomic E-state index is 5.87.